The van der Waals surface area contributed by atoms with Crippen molar-refractivity contribution < 1.29 is 13.9 Å². The number of pyridine rings is 1. The van der Waals surface area contributed by atoms with E-state index in [0.29, 0.717) is 24.4 Å². The zero-order chi connectivity index (χ0) is 22.6. The molecule has 1 N–H and O–H groups in total. The lowest BCUT2D eigenvalue weighted by molar-refractivity contribution is -0.127. The molecule has 7 heteroatoms. The third kappa shape index (κ3) is 4.77. The van der Waals surface area contributed by atoms with Gasteiger partial charge in [0.1, 0.15) is 11.6 Å². The second-order valence-electron chi connectivity index (χ2n) is 8.08. The minimum absolute atomic E-state index is 0.0908. The maximum absolute atomic E-state index is 14.5. The normalized spacial score (nSPS) is 16.4. The highest BCUT2D eigenvalue weighted by atomic mass is 19.1. The average Bonchev–Trinajstić information content (AvgIpc) is 3.29. The van der Waals surface area contributed by atoms with E-state index in [9.17, 15) is 9.18 Å². The van der Waals surface area contributed by atoms with Crippen LogP contribution in [0.5, 0.6) is 11.5 Å². The van der Waals surface area contributed by atoms with Crippen LogP contribution in [-0.4, -0.2) is 38.8 Å². The second kappa shape index (κ2) is 9.24. The Hall–Kier alpha value is -4.00. The number of imidazole rings is 1. The van der Waals surface area contributed by atoms with Gasteiger partial charge in [-0.3, -0.25) is 9.78 Å². The van der Waals surface area contributed by atoms with Gasteiger partial charge in [-0.25, -0.2) is 9.37 Å². The van der Waals surface area contributed by atoms with E-state index >= 15 is 0 Å². The van der Waals surface area contributed by atoms with Crippen molar-refractivity contribution >= 4 is 23.0 Å². The van der Waals surface area contributed by atoms with Gasteiger partial charge in [-0.05, 0) is 60.9 Å². The summed E-state index contributed by atoms with van der Waals surface area (Å²) in [4.78, 5) is 26.7. The highest BCUT2D eigenvalue weighted by molar-refractivity contribution is 5.92. The van der Waals surface area contributed by atoms with Gasteiger partial charge in [0.05, 0.1) is 17.2 Å². The molecule has 166 valence electrons. The van der Waals surface area contributed by atoms with Crippen LogP contribution in [0.1, 0.15) is 30.1 Å². The van der Waals surface area contributed by atoms with Crippen LogP contribution in [0.2, 0.25) is 0 Å². The summed E-state index contributed by atoms with van der Waals surface area (Å²) in [6, 6.07) is 16.0. The molecule has 1 atom stereocenters. The number of amides is 1. The Morgan fingerprint density at radius 3 is 2.91 bits per heavy atom. The standard InChI is InChI=1S/C26H23FN4O2/c27-21-15-18(9-11-24(21)33-20-6-3-13-28-16-20)10-12-25(32)31-14-4-5-19(17-31)26-29-22-7-1-2-8-23(22)30-26/h1-3,6-13,15-16,19H,4-5,14,17H2,(H,29,30)/b12-10+. The summed E-state index contributed by atoms with van der Waals surface area (Å²) in [5.74, 6) is 1.06. The molecule has 5 rings (SSSR count). The lowest BCUT2D eigenvalue weighted by Crippen LogP contribution is -2.38. The van der Waals surface area contributed by atoms with Gasteiger partial charge in [-0.2, -0.15) is 0 Å². The molecule has 1 aliphatic rings. The van der Waals surface area contributed by atoms with Crippen molar-refractivity contribution in [3.63, 3.8) is 0 Å². The molecule has 33 heavy (non-hydrogen) atoms. The highest BCUT2D eigenvalue weighted by Gasteiger charge is 2.25. The van der Waals surface area contributed by atoms with Gasteiger partial charge in [0.25, 0.3) is 0 Å². The Morgan fingerprint density at radius 2 is 2.09 bits per heavy atom. The van der Waals surface area contributed by atoms with Crippen LogP contribution in [0.15, 0.2) is 73.1 Å². The van der Waals surface area contributed by atoms with Crippen LogP contribution in [0, 0.1) is 5.82 Å². The molecule has 3 heterocycles. The van der Waals surface area contributed by atoms with Crippen molar-refractivity contribution in [2.24, 2.45) is 0 Å². The van der Waals surface area contributed by atoms with E-state index in [1.807, 2.05) is 29.2 Å². The van der Waals surface area contributed by atoms with Crippen molar-refractivity contribution in [2.45, 2.75) is 18.8 Å². The van der Waals surface area contributed by atoms with E-state index < -0.39 is 5.82 Å². The number of nitrogens with zero attached hydrogens (tertiary/aromatic N) is 3. The third-order valence-electron chi connectivity index (χ3n) is 5.76. The molecule has 1 saturated heterocycles. The van der Waals surface area contributed by atoms with Gasteiger partial charge in [0.15, 0.2) is 11.6 Å². The Kier molecular flexibility index (Phi) is 5.85. The first kappa shape index (κ1) is 20.9. The number of ether oxygens (including phenoxy) is 1. The number of carbonyl (C=O) groups excluding carboxylic acids is 1. The number of benzene rings is 2. The van der Waals surface area contributed by atoms with E-state index in [-0.39, 0.29) is 17.6 Å². The third-order valence-corrected chi connectivity index (χ3v) is 5.76. The number of rotatable bonds is 5. The van der Waals surface area contributed by atoms with E-state index in [4.69, 9.17) is 9.72 Å². The summed E-state index contributed by atoms with van der Waals surface area (Å²) in [7, 11) is 0. The molecule has 0 aliphatic carbocycles. The second-order valence-corrected chi connectivity index (χ2v) is 8.08. The summed E-state index contributed by atoms with van der Waals surface area (Å²) in [5, 5.41) is 0. The van der Waals surface area contributed by atoms with Crippen LogP contribution in [0.3, 0.4) is 0 Å². The zero-order valence-electron chi connectivity index (χ0n) is 17.9. The zero-order valence-corrected chi connectivity index (χ0v) is 17.9. The molecule has 4 aromatic rings. The Balaban J connectivity index is 1.24. The van der Waals surface area contributed by atoms with Crippen molar-refractivity contribution in [3.8, 4) is 11.5 Å². The lowest BCUT2D eigenvalue weighted by atomic mass is 9.97. The maximum atomic E-state index is 14.5. The molecule has 1 amide bonds. The summed E-state index contributed by atoms with van der Waals surface area (Å²) in [6.07, 6.45) is 8.16. The minimum Gasteiger partial charge on any atom is -0.453 e. The van der Waals surface area contributed by atoms with Crippen LogP contribution in [0.25, 0.3) is 17.1 Å². The van der Waals surface area contributed by atoms with Gasteiger partial charge in [0.2, 0.25) is 5.91 Å². The van der Waals surface area contributed by atoms with E-state index in [1.165, 1.54) is 18.3 Å². The fourth-order valence-corrected chi connectivity index (χ4v) is 4.08. The number of carbonyl (C=O) groups is 1. The molecule has 0 radical (unpaired) electrons. The Labute approximate surface area is 190 Å². The summed E-state index contributed by atoms with van der Waals surface area (Å²) in [6.45, 7) is 1.31. The number of hydrogen-bond acceptors (Lipinski definition) is 4. The van der Waals surface area contributed by atoms with Crippen molar-refractivity contribution in [3.05, 3.63) is 90.3 Å². The van der Waals surface area contributed by atoms with Crippen LogP contribution in [0.4, 0.5) is 4.39 Å². The predicted octanol–water partition coefficient (Wildman–Crippen LogP) is 5.31. The quantitative estimate of drug-likeness (QED) is 0.425. The Bertz CT molecular complexity index is 1270. The maximum Gasteiger partial charge on any atom is 0.246 e. The Morgan fingerprint density at radius 1 is 1.18 bits per heavy atom. The first-order valence-electron chi connectivity index (χ1n) is 10.9. The van der Waals surface area contributed by atoms with Crippen molar-refractivity contribution in [1.82, 2.24) is 19.9 Å². The number of fused-ring (bicyclic) bond motifs is 1. The summed E-state index contributed by atoms with van der Waals surface area (Å²) < 4.78 is 20.0. The first-order chi connectivity index (χ1) is 16.2. The average molecular weight is 442 g/mol. The first-order valence-corrected chi connectivity index (χ1v) is 10.9. The van der Waals surface area contributed by atoms with E-state index in [0.717, 1.165) is 29.7 Å². The summed E-state index contributed by atoms with van der Waals surface area (Å²) >= 11 is 0. The number of para-hydroxylation sites is 2. The smallest absolute Gasteiger partial charge is 0.246 e. The molecule has 1 fully saturated rings. The number of aromatic amines is 1. The number of hydrogen-bond donors (Lipinski definition) is 1. The van der Waals surface area contributed by atoms with Crippen molar-refractivity contribution in [2.75, 3.05) is 13.1 Å². The molecule has 0 saturated carbocycles. The van der Waals surface area contributed by atoms with E-state index in [2.05, 4.69) is 9.97 Å². The topological polar surface area (TPSA) is 71.1 Å². The van der Waals surface area contributed by atoms with Gasteiger partial charge in [-0.15, -0.1) is 0 Å². The number of likely N-dealkylation sites (tertiary alicyclic amines) is 1. The SMILES string of the molecule is O=C(/C=C/c1ccc(Oc2cccnc2)c(F)c1)N1CCCC(c2nc3ccccc3[nH]2)C1. The van der Waals surface area contributed by atoms with Crippen LogP contribution < -0.4 is 4.74 Å². The molecule has 1 aliphatic heterocycles. The highest BCUT2D eigenvalue weighted by Crippen LogP contribution is 2.28. The number of aromatic nitrogens is 3. The molecular weight excluding hydrogens is 419 g/mol. The van der Waals surface area contributed by atoms with Gasteiger partial charge in [-0.1, -0.05) is 18.2 Å². The number of halogens is 1. The monoisotopic (exact) mass is 442 g/mol. The summed E-state index contributed by atoms with van der Waals surface area (Å²) in [5.41, 5.74) is 2.54. The van der Waals surface area contributed by atoms with Gasteiger partial charge in [0, 0.05) is 31.3 Å². The van der Waals surface area contributed by atoms with Gasteiger partial charge >= 0.3 is 0 Å². The fourth-order valence-electron chi connectivity index (χ4n) is 4.08. The molecule has 6 nitrogen and oxygen atoms in total. The van der Waals surface area contributed by atoms with Crippen LogP contribution in [-0.2, 0) is 4.79 Å². The lowest BCUT2D eigenvalue weighted by Gasteiger charge is -2.31. The molecule has 2 aromatic carbocycles. The molecule has 0 spiro atoms. The largest absolute Gasteiger partial charge is 0.453 e. The number of piperidine rings is 1. The fraction of sp³-hybridized carbons (Fsp3) is 0.192. The molecule has 2 aromatic heterocycles. The molecule has 0 bridgehead atoms. The number of nitrogens with one attached hydrogen (secondary N) is 1. The molecular formula is C26H23FN4O2. The number of H-pyrrole nitrogens is 1. The van der Waals surface area contributed by atoms with Gasteiger partial charge < -0.3 is 14.6 Å². The van der Waals surface area contributed by atoms with E-state index in [1.54, 1.807) is 36.5 Å². The minimum atomic E-state index is -0.503. The molecule has 1 unspecified atom stereocenters. The predicted molar refractivity (Wildman–Crippen MR) is 124 cm³/mol. The van der Waals surface area contributed by atoms with Crippen molar-refractivity contribution in [1.29, 1.82) is 0 Å². The van der Waals surface area contributed by atoms with Crippen LogP contribution >= 0.6 is 0 Å².